The highest BCUT2D eigenvalue weighted by atomic mass is 16.1. The molecule has 2 aromatic rings. The van der Waals surface area contributed by atoms with Gasteiger partial charge in [0.05, 0.1) is 11.1 Å². The molecular formula is C25H28N2O. The Bertz CT molecular complexity index is 971. The molecule has 4 rings (SSSR count). The number of carbonyl (C=O) groups excluding carboxylic acids is 1. The van der Waals surface area contributed by atoms with Gasteiger partial charge in [-0.1, -0.05) is 12.2 Å². The van der Waals surface area contributed by atoms with Crippen LogP contribution in [-0.2, 0) is 0 Å². The highest BCUT2D eigenvalue weighted by molar-refractivity contribution is 6.10. The maximum Gasteiger partial charge on any atom is 0.193 e. The van der Waals surface area contributed by atoms with Crippen LogP contribution < -0.4 is 10.6 Å². The van der Waals surface area contributed by atoms with E-state index in [1.807, 2.05) is 36.4 Å². The minimum atomic E-state index is -0.0776. The van der Waals surface area contributed by atoms with E-state index >= 15 is 0 Å². The third-order valence-electron chi connectivity index (χ3n) is 5.48. The van der Waals surface area contributed by atoms with E-state index in [0.29, 0.717) is 0 Å². The molecule has 0 aliphatic carbocycles. The lowest BCUT2D eigenvalue weighted by Crippen LogP contribution is -2.31. The molecule has 0 radical (unpaired) electrons. The summed E-state index contributed by atoms with van der Waals surface area (Å²) < 4.78 is 0. The van der Waals surface area contributed by atoms with Crippen molar-refractivity contribution < 1.29 is 4.79 Å². The van der Waals surface area contributed by atoms with Crippen molar-refractivity contribution in [2.24, 2.45) is 0 Å². The predicted octanol–water partition coefficient (Wildman–Crippen LogP) is 6.13. The summed E-state index contributed by atoms with van der Waals surface area (Å²) in [5, 5.41) is 7.05. The molecule has 2 heterocycles. The number of hydrogen-bond acceptors (Lipinski definition) is 3. The van der Waals surface area contributed by atoms with Crippen LogP contribution in [0.2, 0.25) is 0 Å². The molecule has 0 unspecified atom stereocenters. The Morgan fingerprint density at radius 2 is 1.11 bits per heavy atom. The topological polar surface area (TPSA) is 41.1 Å². The van der Waals surface area contributed by atoms with Crippen LogP contribution in [-0.4, -0.2) is 16.9 Å². The van der Waals surface area contributed by atoms with Gasteiger partial charge in [-0.25, -0.2) is 0 Å². The molecule has 0 saturated heterocycles. The summed E-state index contributed by atoms with van der Waals surface area (Å²) in [6, 6.07) is 11.9. The van der Waals surface area contributed by atoms with E-state index in [4.69, 9.17) is 0 Å². The van der Waals surface area contributed by atoms with Gasteiger partial charge in [0.2, 0.25) is 0 Å². The molecule has 2 aromatic carbocycles. The van der Waals surface area contributed by atoms with E-state index in [1.165, 1.54) is 11.1 Å². The van der Waals surface area contributed by atoms with E-state index < -0.39 is 0 Å². The van der Waals surface area contributed by atoms with Crippen LogP contribution in [0.25, 0.3) is 11.1 Å². The van der Waals surface area contributed by atoms with E-state index in [9.17, 15) is 4.79 Å². The monoisotopic (exact) mass is 372 g/mol. The molecule has 144 valence electrons. The molecular weight excluding hydrogens is 344 g/mol. The molecule has 0 aromatic heterocycles. The first-order chi connectivity index (χ1) is 13.0. The molecule has 0 amide bonds. The quantitative estimate of drug-likeness (QED) is 0.623. The lowest BCUT2D eigenvalue weighted by Gasteiger charge is -2.32. The van der Waals surface area contributed by atoms with Gasteiger partial charge in [0.15, 0.2) is 5.78 Å². The molecule has 0 saturated carbocycles. The van der Waals surface area contributed by atoms with Gasteiger partial charge in [-0.2, -0.15) is 0 Å². The normalized spacial score (nSPS) is 18.6. The standard InChI is InChI=1S/C25H28N2O/c1-15-13-24(3,4)26-21-9-7-17(11-19(15)21)23(28)18-8-10-22-20(12-18)16(2)14-25(5,6)27-22/h7-14,26-27H,1-6H3. The summed E-state index contributed by atoms with van der Waals surface area (Å²) in [5.74, 6) is 0.0564. The van der Waals surface area contributed by atoms with Gasteiger partial charge in [0.1, 0.15) is 0 Å². The second-order valence-electron chi connectivity index (χ2n) is 9.20. The van der Waals surface area contributed by atoms with Crippen LogP contribution in [0.5, 0.6) is 0 Å². The Kier molecular flexibility index (Phi) is 4.04. The largest absolute Gasteiger partial charge is 0.376 e. The van der Waals surface area contributed by atoms with Crippen LogP contribution in [0.4, 0.5) is 11.4 Å². The second kappa shape index (κ2) is 6.10. The van der Waals surface area contributed by atoms with Crippen molar-refractivity contribution >= 4 is 28.3 Å². The number of benzene rings is 2. The van der Waals surface area contributed by atoms with Crippen molar-refractivity contribution in [3.8, 4) is 0 Å². The smallest absolute Gasteiger partial charge is 0.193 e. The van der Waals surface area contributed by atoms with Gasteiger partial charge in [-0.15, -0.1) is 0 Å². The Labute approximate surface area is 167 Å². The zero-order valence-electron chi connectivity index (χ0n) is 17.5. The molecule has 2 aliphatic rings. The van der Waals surface area contributed by atoms with E-state index in [2.05, 4.69) is 64.3 Å². The number of anilines is 2. The van der Waals surface area contributed by atoms with Gasteiger partial charge in [0, 0.05) is 33.6 Å². The molecule has 28 heavy (non-hydrogen) atoms. The van der Waals surface area contributed by atoms with Gasteiger partial charge in [0.25, 0.3) is 0 Å². The fourth-order valence-corrected chi connectivity index (χ4v) is 4.41. The predicted molar refractivity (Wildman–Crippen MR) is 119 cm³/mol. The van der Waals surface area contributed by atoms with Gasteiger partial charge < -0.3 is 10.6 Å². The summed E-state index contributed by atoms with van der Waals surface area (Å²) in [4.78, 5) is 13.2. The molecule has 2 aliphatic heterocycles. The minimum absolute atomic E-state index is 0.0564. The minimum Gasteiger partial charge on any atom is -0.376 e. The number of nitrogens with one attached hydrogen (secondary N) is 2. The number of hydrogen-bond donors (Lipinski definition) is 2. The zero-order chi connectivity index (χ0) is 20.3. The van der Waals surface area contributed by atoms with E-state index in [1.54, 1.807) is 0 Å². The van der Waals surface area contributed by atoms with E-state index in [0.717, 1.165) is 33.6 Å². The first kappa shape index (κ1) is 18.5. The summed E-state index contributed by atoms with van der Waals surface area (Å²) in [6.07, 6.45) is 4.42. The number of fused-ring (bicyclic) bond motifs is 2. The SMILES string of the molecule is CC1=CC(C)(C)Nc2ccc(C(=O)c3ccc4c(c3)C(C)=CC(C)(C)N4)cc21. The van der Waals surface area contributed by atoms with Crippen molar-refractivity contribution in [2.45, 2.75) is 52.6 Å². The Balaban J connectivity index is 1.70. The first-order valence-corrected chi connectivity index (χ1v) is 9.83. The Hall–Kier alpha value is -2.81. The number of rotatable bonds is 2. The van der Waals surface area contributed by atoms with Crippen LogP contribution >= 0.6 is 0 Å². The average molecular weight is 373 g/mol. The number of ketones is 1. The van der Waals surface area contributed by atoms with E-state index in [-0.39, 0.29) is 16.9 Å². The van der Waals surface area contributed by atoms with Crippen molar-refractivity contribution in [2.75, 3.05) is 10.6 Å². The molecule has 3 heteroatoms. The highest BCUT2D eigenvalue weighted by Gasteiger charge is 2.25. The van der Waals surface area contributed by atoms with Crippen molar-refractivity contribution in [1.82, 2.24) is 0 Å². The average Bonchev–Trinajstić information content (AvgIpc) is 2.59. The van der Waals surface area contributed by atoms with Gasteiger partial charge in [-0.3, -0.25) is 4.79 Å². The summed E-state index contributed by atoms with van der Waals surface area (Å²) >= 11 is 0. The maximum absolute atomic E-state index is 13.2. The van der Waals surface area contributed by atoms with Gasteiger partial charge in [-0.05, 0) is 89.1 Å². The molecule has 2 N–H and O–H groups in total. The lowest BCUT2D eigenvalue weighted by molar-refractivity contribution is 0.103. The van der Waals surface area contributed by atoms with Crippen molar-refractivity contribution in [1.29, 1.82) is 0 Å². The summed E-state index contributed by atoms with van der Waals surface area (Å²) in [7, 11) is 0. The lowest BCUT2D eigenvalue weighted by atomic mass is 9.88. The third kappa shape index (κ3) is 3.26. The summed E-state index contributed by atoms with van der Waals surface area (Å²) in [6.45, 7) is 12.8. The molecule has 0 bridgehead atoms. The summed E-state index contributed by atoms with van der Waals surface area (Å²) in [5.41, 5.74) is 8.04. The molecule has 0 fully saturated rings. The van der Waals surface area contributed by atoms with Crippen LogP contribution in [0, 0.1) is 0 Å². The van der Waals surface area contributed by atoms with Crippen LogP contribution in [0.3, 0.4) is 0 Å². The molecule has 0 spiro atoms. The van der Waals surface area contributed by atoms with Crippen LogP contribution in [0.1, 0.15) is 68.6 Å². The second-order valence-corrected chi connectivity index (χ2v) is 9.20. The van der Waals surface area contributed by atoms with Gasteiger partial charge >= 0.3 is 0 Å². The highest BCUT2D eigenvalue weighted by Crippen LogP contribution is 2.36. The molecule has 3 nitrogen and oxygen atoms in total. The zero-order valence-corrected chi connectivity index (χ0v) is 17.5. The molecule has 0 atom stereocenters. The number of allylic oxidation sites excluding steroid dienone is 2. The van der Waals surface area contributed by atoms with Crippen molar-refractivity contribution in [3.63, 3.8) is 0 Å². The fourth-order valence-electron chi connectivity index (χ4n) is 4.41. The first-order valence-electron chi connectivity index (χ1n) is 9.83. The van der Waals surface area contributed by atoms with Crippen LogP contribution in [0.15, 0.2) is 48.6 Å². The Morgan fingerprint density at radius 1 is 0.714 bits per heavy atom. The number of carbonyl (C=O) groups is 1. The Morgan fingerprint density at radius 3 is 1.50 bits per heavy atom. The van der Waals surface area contributed by atoms with Crippen molar-refractivity contribution in [3.05, 3.63) is 70.8 Å². The third-order valence-corrected chi connectivity index (χ3v) is 5.48. The fraction of sp³-hybridized carbons (Fsp3) is 0.320. The maximum atomic E-state index is 13.2.